The van der Waals surface area contributed by atoms with Crippen LogP contribution < -0.4 is 5.32 Å². The monoisotopic (exact) mass is 486 g/mol. The van der Waals surface area contributed by atoms with Crippen molar-refractivity contribution in [1.82, 2.24) is 19.7 Å². The number of nitrogens with one attached hydrogen (secondary N) is 1. The standard InChI is InChI=1S/C28H30N4O4/c33-25(10-9-22-6-5-19-36-22)29-20-26(34)32-18-13-28(21-32)11-16-31(17-12-28)27(35)23-7-1-2-8-24(23)30-14-3-4-15-30/h1-10,14-15,19H,11-13,16-18,20-21H2,(H,29,33). The van der Waals surface area contributed by atoms with Crippen LogP contribution in [0, 0.1) is 5.41 Å². The molecule has 3 amide bonds. The van der Waals surface area contributed by atoms with Gasteiger partial charge in [0.25, 0.3) is 5.91 Å². The van der Waals surface area contributed by atoms with Gasteiger partial charge in [0, 0.05) is 44.6 Å². The molecule has 5 rings (SSSR count). The van der Waals surface area contributed by atoms with E-state index in [2.05, 4.69) is 5.32 Å². The second-order valence-corrected chi connectivity index (χ2v) is 9.53. The van der Waals surface area contributed by atoms with Crippen molar-refractivity contribution < 1.29 is 18.8 Å². The average Bonchev–Trinajstić information content (AvgIpc) is 3.69. The van der Waals surface area contributed by atoms with E-state index in [0.29, 0.717) is 37.5 Å². The molecule has 0 aliphatic carbocycles. The summed E-state index contributed by atoms with van der Waals surface area (Å²) in [5.41, 5.74) is 1.62. The number of carbonyl (C=O) groups excluding carboxylic acids is 3. The van der Waals surface area contributed by atoms with Crippen LogP contribution >= 0.6 is 0 Å². The van der Waals surface area contributed by atoms with Gasteiger partial charge in [-0.1, -0.05) is 12.1 Å². The van der Waals surface area contributed by atoms with E-state index in [-0.39, 0.29) is 29.7 Å². The number of amides is 3. The molecule has 1 N–H and O–H groups in total. The second-order valence-electron chi connectivity index (χ2n) is 9.53. The molecule has 1 aromatic carbocycles. The van der Waals surface area contributed by atoms with Crippen molar-refractivity contribution in [3.8, 4) is 5.69 Å². The van der Waals surface area contributed by atoms with E-state index in [1.165, 1.54) is 12.3 Å². The third kappa shape index (κ3) is 5.12. The minimum Gasteiger partial charge on any atom is -0.465 e. The van der Waals surface area contributed by atoms with E-state index in [9.17, 15) is 14.4 Å². The molecule has 2 saturated heterocycles. The van der Waals surface area contributed by atoms with E-state index in [4.69, 9.17) is 4.42 Å². The van der Waals surface area contributed by atoms with Crippen molar-refractivity contribution >= 4 is 23.8 Å². The highest BCUT2D eigenvalue weighted by Crippen LogP contribution is 2.40. The predicted octanol–water partition coefficient (Wildman–Crippen LogP) is 3.35. The molecule has 0 atom stereocenters. The maximum absolute atomic E-state index is 13.4. The lowest BCUT2D eigenvalue weighted by Gasteiger charge is -2.39. The smallest absolute Gasteiger partial charge is 0.255 e. The molecule has 186 valence electrons. The number of furan rings is 1. The number of benzene rings is 1. The zero-order valence-electron chi connectivity index (χ0n) is 20.1. The van der Waals surface area contributed by atoms with Gasteiger partial charge < -0.3 is 24.1 Å². The fraction of sp³-hybridized carbons (Fsp3) is 0.321. The first-order chi connectivity index (χ1) is 17.5. The number of piperidine rings is 1. The van der Waals surface area contributed by atoms with Crippen LogP contribution in [0.2, 0.25) is 0 Å². The molecule has 2 aromatic heterocycles. The van der Waals surface area contributed by atoms with Crippen LogP contribution in [0.5, 0.6) is 0 Å². The minimum absolute atomic E-state index is 0.0296. The van der Waals surface area contributed by atoms with Crippen LogP contribution in [0.25, 0.3) is 11.8 Å². The molecule has 4 heterocycles. The van der Waals surface area contributed by atoms with Crippen molar-refractivity contribution in [3.05, 3.63) is 84.6 Å². The molecule has 36 heavy (non-hydrogen) atoms. The fourth-order valence-corrected chi connectivity index (χ4v) is 5.16. The summed E-state index contributed by atoms with van der Waals surface area (Å²) in [6, 6.07) is 15.1. The molecule has 2 aliphatic heterocycles. The zero-order chi connectivity index (χ0) is 25.0. The first-order valence-corrected chi connectivity index (χ1v) is 12.3. The number of hydrogen-bond donors (Lipinski definition) is 1. The Morgan fingerprint density at radius 1 is 0.917 bits per heavy atom. The van der Waals surface area contributed by atoms with E-state index < -0.39 is 0 Å². The first kappa shape index (κ1) is 23.7. The van der Waals surface area contributed by atoms with Crippen molar-refractivity contribution in [3.63, 3.8) is 0 Å². The molecule has 3 aromatic rings. The van der Waals surface area contributed by atoms with Crippen LogP contribution in [0.15, 0.2) is 77.7 Å². The SMILES string of the molecule is O=C(C=Cc1ccco1)NCC(=O)N1CCC2(CCN(C(=O)c3ccccc3-n3cccc3)CC2)C1. The Morgan fingerprint density at radius 3 is 2.36 bits per heavy atom. The molecule has 8 heteroatoms. The van der Waals surface area contributed by atoms with E-state index >= 15 is 0 Å². The number of hydrogen-bond acceptors (Lipinski definition) is 4. The normalized spacial score (nSPS) is 17.1. The van der Waals surface area contributed by atoms with Gasteiger partial charge in [-0.3, -0.25) is 14.4 Å². The number of aromatic nitrogens is 1. The van der Waals surface area contributed by atoms with Gasteiger partial charge in [0.15, 0.2) is 0 Å². The molecule has 0 saturated carbocycles. The number of nitrogens with zero attached hydrogens (tertiary/aromatic N) is 3. The molecule has 1 spiro atoms. The van der Waals surface area contributed by atoms with Crippen LogP contribution in [0.1, 0.15) is 35.4 Å². The maximum Gasteiger partial charge on any atom is 0.255 e. The number of para-hydroxylation sites is 1. The summed E-state index contributed by atoms with van der Waals surface area (Å²) in [5, 5.41) is 2.66. The molecular weight excluding hydrogens is 456 g/mol. The summed E-state index contributed by atoms with van der Waals surface area (Å²) in [7, 11) is 0. The van der Waals surface area contributed by atoms with Gasteiger partial charge in [0.05, 0.1) is 24.1 Å². The summed E-state index contributed by atoms with van der Waals surface area (Å²) in [4.78, 5) is 41.9. The largest absolute Gasteiger partial charge is 0.465 e. The third-order valence-electron chi connectivity index (χ3n) is 7.28. The van der Waals surface area contributed by atoms with Gasteiger partial charge in [0.2, 0.25) is 11.8 Å². The predicted molar refractivity (Wildman–Crippen MR) is 135 cm³/mol. The third-order valence-corrected chi connectivity index (χ3v) is 7.28. The topological polar surface area (TPSA) is 87.8 Å². The van der Waals surface area contributed by atoms with E-state index in [0.717, 1.165) is 24.9 Å². The number of rotatable bonds is 6. The van der Waals surface area contributed by atoms with Crippen molar-refractivity contribution in [2.24, 2.45) is 5.41 Å². The molecule has 0 unspecified atom stereocenters. The Bertz CT molecular complexity index is 1240. The highest BCUT2D eigenvalue weighted by molar-refractivity contribution is 5.98. The van der Waals surface area contributed by atoms with Crippen molar-refractivity contribution in [2.75, 3.05) is 32.7 Å². The minimum atomic E-state index is -0.333. The first-order valence-electron chi connectivity index (χ1n) is 12.3. The second kappa shape index (κ2) is 10.3. The fourth-order valence-electron chi connectivity index (χ4n) is 5.16. The zero-order valence-corrected chi connectivity index (χ0v) is 20.1. The Morgan fingerprint density at radius 2 is 1.64 bits per heavy atom. The molecule has 2 fully saturated rings. The Kier molecular flexibility index (Phi) is 6.75. The van der Waals surface area contributed by atoms with Crippen LogP contribution in [-0.2, 0) is 9.59 Å². The van der Waals surface area contributed by atoms with Gasteiger partial charge in [0.1, 0.15) is 5.76 Å². The summed E-state index contributed by atoms with van der Waals surface area (Å²) in [5.74, 6) is 0.216. The highest BCUT2D eigenvalue weighted by Gasteiger charge is 2.42. The lowest BCUT2D eigenvalue weighted by molar-refractivity contribution is -0.131. The molecule has 2 aliphatic rings. The van der Waals surface area contributed by atoms with Gasteiger partial charge >= 0.3 is 0 Å². The Balaban J connectivity index is 1.13. The van der Waals surface area contributed by atoms with Gasteiger partial charge in [-0.25, -0.2) is 0 Å². The van der Waals surface area contributed by atoms with E-state index in [1.807, 2.05) is 63.2 Å². The quantitative estimate of drug-likeness (QED) is 0.542. The van der Waals surface area contributed by atoms with Crippen molar-refractivity contribution in [1.29, 1.82) is 0 Å². The van der Waals surface area contributed by atoms with Gasteiger partial charge in [-0.05, 0) is 67.2 Å². The number of likely N-dealkylation sites (tertiary alicyclic amines) is 2. The molecule has 0 radical (unpaired) electrons. The van der Waals surface area contributed by atoms with Crippen LogP contribution in [0.4, 0.5) is 0 Å². The van der Waals surface area contributed by atoms with Crippen LogP contribution in [0.3, 0.4) is 0 Å². The molecule has 0 bridgehead atoms. The van der Waals surface area contributed by atoms with Gasteiger partial charge in [-0.2, -0.15) is 0 Å². The molecular formula is C28H30N4O4. The molecule has 8 nitrogen and oxygen atoms in total. The van der Waals surface area contributed by atoms with E-state index in [1.54, 1.807) is 18.2 Å². The maximum atomic E-state index is 13.4. The van der Waals surface area contributed by atoms with Crippen LogP contribution in [-0.4, -0.2) is 64.8 Å². The number of carbonyl (C=O) groups is 3. The summed E-state index contributed by atoms with van der Waals surface area (Å²) >= 11 is 0. The summed E-state index contributed by atoms with van der Waals surface area (Å²) in [6.45, 7) is 2.68. The lowest BCUT2D eigenvalue weighted by atomic mass is 9.77. The van der Waals surface area contributed by atoms with Gasteiger partial charge in [-0.15, -0.1) is 0 Å². The van der Waals surface area contributed by atoms with Crippen molar-refractivity contribution in [2.45, 2.75) is 19.3 Å². The average molecular weight is 487 g/mol. The Hall–Kier alpha value is -4.07. The highest BCUT2D eigenvalue weighted by atomic mass is 16.3. The Labute approximate surface area is 210 Å². The summed E-state index contributed by atoms with van der Waals surface area (Å²) < 4.78 is 7.12. The lowest BCUT2D eigenvalue weighted by Crippen LogP contribution is -2.45. The summed E-state index contributed by atoms with van der Waals surface area (Å²) in [6.07, 6.45) is 11.0.